The molecule has 1 N–H and O–H groups in total. The quantitative estimate of drug-likeness (QED) is 0.366. The normalized spacial score (nSPS) is 20.5. The number of fused-ring (bicyclic) bond motifs is 2. The van der Waals surface area contributed by atoms with Crippen molar-refractivity contribution in [3.05, 3.63) is 41.3 Å². The van der Waals surface area contributed by atoms with Crippen LogP contribution in [0.1, 0.15) is 56.2 Å². The number of pyridine rings is 2. The van der Waals surface area contributed by atoms with E-state index in [2.05, 4.69) is 77.8 Å². The molecule has 3 aliphatic heterocycles. The van der Waals surface area contributed by atoms with Crippen molar-refractivity contribution >= 4 is 28.4 Å². The third-order valence-electron chi connectivity index (χ3n) is 9.39. The fourth-order valence-corrected chi connectivity index (χ4v) is 7.07. The Bertz CT molecular complexity index is 1630. The van der Waals surface area contributed by atoms with Gasteiger partial charge in [0.05, 0.1) is 43.2 Å². The van der Waals surface area contributed by atoms with Crippen molar-refractivity contribution in [3.8, 4) is 11.3 Å². The standard InChI is InChI=1S/C31H40N8O2/c1-6-7-22-10-37(26(40)12-36-13-31(14-36)15-41-16-31)18-38(22)25-9-8-24-29(35-25)27(19(2)3)28(34-24)23-11-39-30(32-17-33-39)21(5)20(23)4/h8-9,11,17,19,22,34H,6-7,10,12-16,18H2,1-5H3/t22-/m0/s1. The van der Waals surface area contributed by atoms with Crippen LogP contribution in [0.5, 0.6) is 0 Å². The van der Waals surface area contributed by atoms with Gasteiger partial charge in [0, 0.05) is 48.4 Å². The van der Waals surface area contributed by atoms with E-state index >= 15 is 0 Å². The first-order valence-electron chi connectivity index (χ1n) is 14.9. The summed E-state index contributed by atoms with van der Waals surface area (Å²) in [4.78, 5) is 33.4. The number of aromatic amines is 1. The van der Waals surface area contributed by atoms with Crippen LogP contribution in [-0.2, 0) is 9.53 Å². The van der Waals surface area contributed by atoms with Gasteiger partial charge in [0.1, 0.15) is 12.1 Å². The minimum atomic E-state index is 0.214. The van der Waals surface area contributed by atoms with Crippen LogP contribution in [-0.4, -0.2) is 92.4 Å². The highest BCUT2D eigenvalue weighted by Crippen LogP contribution is 2.39. The van der Waals surface area contributed by atoms with E-state index in [1.54, 1.807) is 6.33 Å². The zero-order valence-electron chi connectivity index (χ0n) is 24.8. The number of aryl methyl sites for hydroxylation is 1. The highest BCUT2D eigenvalue weighted by atomic mass is 16.5. The lowest BCUT2D eigenvalue weighted by Gasteiger charge is -2.55. The van der Waals surface area contributed by atoms with E-state index in [1.165, 1.54) is 11.1 Å². The van der Waals surface area contributed by atoms with Crippen LogP contribution in [0.3, 0.4) is 0 Å². The molecule has 41 heavy (non-hydrogen) atoms. The highest BCUT2D eigenvalue weighted by Gasteiger charge is 2.49. The topological polar surface area (TPSA) is 94.9 Å². The third-order valence-corrected chi connectivity index (χ3v) is 9.39. The van der Waals surface area contributed by atoms with Crippen molar-refractivity contribution in [1.82, 2.24) is 34.4 Å². The lowest BCUT2D eigenvalue weighted by atomic mass is 9.78. The number of hydrogen-bond donors (Lipinski definition) is 1. The van der Waals surface area contributed by atoms with E-state index in [0.717, 1.165) is 85.0 Å². The first-order valence-corrected chi connectivity index (χ1v) is 14.9. The van der Waals surface area contributed by atoms with Gasteiger partial charge in [0.25, 0.3) is 0 Å². The molecule has 3 aliphatic rings. The highest BCUT2D eigenvalue weighted by molar-refractivity contribution is 5.90. The molecule has 0 saturated carbocycles. The number of rotatable bonds is 7. The van der Waals surface area contributed by atoms with Crippen molar-refractivity contribution in [2.24, 2.45) is 5.41 Å². The predicted octanol–water partition coefficient (Wildman–Crippen LogP) is 4.12. The molecule has 3 saturated heterocycles. The summed E-state index contributed by atoms with van der Waals surface area (Å²) in [6, 6.07) is 4.52. The molecule has 4 aromatic heterocycles. The second-order valence-corrected chi connectivity index (χ2v) is 12.8. The smallest absolute Gasteiger partial charge is 0.238 e. The van der Waals surface area contributed by atoms with Crippen LogP contribution in [0.15, 0.2) is 24.7 Å². The maximum absolute atomic E-state index is 13.3. The molecule has 10 nitrogen and oxygen atoms in total. The Hall–Kier alpha value is -3.50. The number of H-pyrrole nitrogens is 1. The molecule has 0 aliphatic carbocycles. The number of amides is 1. The largest absolute Gasteiger partial charge is 0.380 e. The summed E-state index contributed by atoms with van der Waals surface area (Å²) >= 11 is 0. The number of hydrogen-bond acceptors (Lipinski definition) is 7. The number of nitrogens with one attached hydrogen (secondary N) is 1. The minimum Gasteiger partial charge on any atom is -0.380 e. The molecule has 3 fully saturated rings. The van der Waals surface area contributed by atoms with Crippen LogP contribution < -0.4 is 4.90 Å². The summed E-state index contributed by atoms with van der Waals surface area (Å²) in [5, 5.41) is 4.42. The second kappa shape index (κ2) is 9.80. The third kappa shape index (κ3) is 4.30. The van der Waals surface area contributed by atoms with E-state index in [1.807, 2.05) is 9.42 Å². The maximum Gasteiger partial charge on any atom is 0.238 e. The Labute approximate surface area is 240 Å². The van der Waals surface area contributed by atoms with Gasteiger partial charge in [0.2, 0.25) is 5.91 Å². The Morgan fingerprint density at radius 1 is 1.20 bits per heavy atom. The molecule has 216 valence electrons. The summed E-state index contributed by atoms with van der Waals surface area (Å²) in [5.41, 5.74) is 8.95. The Balaban J connectivity index is 1.20. The molecule has 7 rings (SSSR count). The average Bonchev–Trinajstić information content (AvgIpc) is 3.63. The Morgan fingerprint density at radius 3 is 2.71 bits per heavy atom. The molecule has 7 heterocycles. The molecule has 10 heteroatoms. The van der Waals surface area contributed by atoms with Crippen LogP contribution in [0.25, 0.3) is 27.9 Å². The van der Waals surface area contributed by atoms with Gasteiger partial charge in [-0.3, -0.25) is 9.69 Å². The van der Waals surface area contributed by atoms with Gasteiger partial charge in [-0.1, -0.05) is 27.2 Å². The Kier molecular flexibility index (Phi) is 6.31. The SMILES string of the molecule is CCC[C@H]1CN(C(=O)CN2CC3(COC3)C2)CN1c1ccc2[nH]c(-c3cn4ncnc4c(C)c3C)c(C(C)C)c2n1. The van der Waals surface area contributed by atoms with Gasteiger partial charge in [-0.05, 0) is 49.4 Å². The van der Waals surface area contributed by atoms with Gasteiger partial charge in [-0.2, -0.15) is 5.10 Å². The number of ether oxygens (including phenoxy) is 1. The maximum atomic E-state index is 13.3. The lowest BCUT2D eigenvalue weighted by Crippen LogP contribution is -2.67. The van der Waals surface area contributed by atoms with Crippen LogP contribution in [0, 0.1) is 19.3 Å². The second-order valence-electron chi connectivity index (χ2n) is 12.8. The molecule has 1 amide bonds. The van der Waals surface area contributed by atoms with E-state index in [9.17, 15) is 4.79 Å². The first-order chi connectivity index (χ1) is 19.8. The average molecular weight is 557 g/mol. The minimum absolute atomic E-state index is 0.214. The van der Waals surface area contributed by atoms with Crippen LogP contribution in [0.4, 0.5) is 5.82 Å². The first kappa shape index (κ1) is 26.4. The fourth-order valence-electron chi connectivity index (χ4n) is 7.07. The molecule has 0 bridgehead atoms. The molecule has 1 atom stereocenters. The predicted molar refractivity (Wildman–Crippen MR) is 159 cm³/mol. The molecular formula is C31H40N8O2. The number of likely N-dealkylation sites (tertiary alicyclic amines) is 1. The number of aromatic nitrogens is 5. The van der Waals surface area contributed by atoms with E-state index in [-0.39, 0.29) is 17.9 Å². The van der Waals surface area contributed by atoms with E-state index < -0.39 is 0 Å². The van der Waals surface area contributed by atoms with Crippen LogP contribution >= 0.6 is 0 Å². The van der Waals surface area contributed by atoms with Crippen molar-refractivity contribution in [2.45, 2.75) is 59.4 Å². The monoisotopic (exact) mass is 556 g/mol. The van der Waals surface area contributed by atoms with Crippen molar-refractivity contribution in [1.29, 1.82) is 0 Å². The van der Waals surface area contributed by atoms with Gasteiger partial charge in [-0.25, -0.2) is 14.5 Å². The molecule has 0 aromatic carbocycles. The Morgan fingerprint density at radius 2 is 2.00 bits per heavy atom. The summed E-state index contributed by atoms with van der Waals surface area (Å²) in [7, 11) is 0. The molecule has 4 aromatic rings. The van der Waals surface area contributed by atoms with Gasteiger partial charge in [-0.15, -0.1) is 0 Å². The summed E-state index contributed by atoms with van der Waals surface area (Å²) in [6.45, 7) is 16.4. The van der Waals surface area contributed by atoms with Gasteiger partial charge < -0.3 is 19.5 Å². The van der Waals surface area contributed by atoms with E-state index in [0.29, 0.717) is 18.6 Å². The zero-order valence-corrected chi connectivity index (χ0v) is 24.8. The summed E-state index contributed by atoms with van der Waals surface area (Å²) in [6.07, 6.45) is 5.77. The lowest BCUT2D eigenvalue weighted by molar-refractivity contribution is -0.190. The van der Waals surface area contributed by atoms with Gasteiger partial charge in [0.15, 0.2) is 5.65 Å². The molecule has 1 spiro atoms. The summed E-state index contributed by atoms with van der Waals surface area (Å²) in [5.74, 6) is 1.41. The molecule has 0 radical (unpaired) electrons. The fraction of sp³-hybridized carbons (Fsp3) is 0.548. The molecular weight excluding hydrogens is 516 g/mol. The number of nitrogens with zero attached hydrogens (tertiary/aromatic N) is 7. The number of carbonyl (C=O) groups excluding carboxylic acids is 1. The van der Waals surface area contributed by atoms with Crippen LogP contribution in [0.2, 0.25) is 0 Å². The zero-order chi connectivity index (χ0) is 28.5. The van der Waals surface area contributed by atoms with Crippen molar-refractivity contribution in [3.63, 3.8) is 0 Å². The van der Waals surface area contributed by atoms with E-state index in [4.69, 9.17) is 9.72 Å². The summed E-state index contributed by atoms with van der Waals surface area (Å²) < 4.78 is 7.26. The number of carbonyl (C=O) groups is 1. The van der Waals surface area contributed by atoms with Crippen molar-refractivity contribution in [2.75, 3.05) is 51.0 Å². The number of anilines is 1. The van der Waals surface area contributed by atoms with Crippen molar-refractivity contribution < 1.29 is 9.53 Å². The molecule has 0 unspecified atom stereocenters. The van der Waals surface area contributed by atoms with Gasteiger partial charge >= 0.3 is 0 Å².